The molecule has 2 N–H and O–H groups in total. The molecule has 0 aliphatic carbocycles. The molecule has 25 heavy (non-hydrogen) atoms. The molecule has 0 saturated carbocycles. The Balaban J connectivity index is 1.65. The molecule has 0 bridgehead atoms. The molecule has 0 spiro atoms. The first kappa shape index (κ1) is 17.7. The maximum atomic E-state index is 13.3. The van der Waals surface area contributed by atoms with E-state index in [1.54, 1.807) is 6.07 Å². The van der Waals surface area contributed by atoms with Crippen LogP contribution in [-0.2, 0) is 12.6 Å². The first-order valence-corrected chi connectivity index (χ1v) is 7.83. The molecule has 0 amide bonds. The van der Waals surface area contributed by atoms with Crippen molar-refractivity contribution < 1.29 is 27.4 Å². The highest BCUT2D eigenvalue weighted by Crippen LogP contribution is 2.34. The topological polar surface area (TPSA) is 41.5 Å². The van der Waals surface area contributed by atoms with Crippen molar-refractivity contribution in [1.82, 2.24) is 5.32 Å². The molecule has 1 aliphatic rings. The van der Waals surface area contributed by atoms with Gasteiger partial charge in [0.2, 0.25) is 0 Å². The van der Waals surface area contributed by atoms with Gasteiger partial charge in [0, 0.05) is 12.6 Å². The van der Waals surface area contributed by atoms with Gasteiger partial charge >= 0.3 is 6.18 Å². The van der Waals surface area contributed by atoms with Gasteiger partial charge in [-0.05, 0) is 41.8 Å². The summed E-state index contributed by atoms with van der Waals surface area (Å²) < 4.78 is 57.9. The lowest BCUT2D eigenvalue weighted by Crippen LogP contribution is -2.41. The summed E-state index contributed by atoms with van der Waals surface area (Å²) in [4.78, 5) is 0. The van der Waals surface area contributed by atoms with Crippen molar-refractivity contribution in [3.63, 3.8) is 0 Å². The van der Waals surface area contributed by atoms with E-state index >= 15 is 0 Å². The van der Waals surface area contributed by atoms with E-state index in [1.165, 1.54) is 30.3 Å². The van der Waals surface area contributed by atoms with Gasteiger partial charge in [-0.25, -0.2) is 4.39 Å². The Kier molecular flexibility index (Phi) is 4.96. The van der Waals surface area contributed by atoms with E-state index in [4.69, 9.17) is 4.74 Å². The lowest BCUT2D eigenvalue weighted by molar-refractivity contribution is -0.139. The largest absolute Gasteiger partial charge is 0.492 e. The molecule has 2 atom stereocenters. The minimum Gasteiger partial charge on any atom is -0.492 e. The van der Waals surface area contributed by atoms with Crippen molar-refractivity contribution in [2.24, 2.45) is 0 Å². The zero-order valence-corrected chi connectivity index (χ0v) is 13.2. The fourth-order valence-electron chi connectivity index (χ4n) is 2.93. The van der Waals surface area contributed by atoms with Crippen molar-refractivity contribution in [3.8, 4) is 5.75 Å². The number of benzene rings is 2. The summed E-state index contributed by atoms with van der Waals surface area (Å²) >= 11 is 0. The van der Waals surface area contributed by atoms with Crippen LogP contribution in [0.1, 0.15) is 22.8 Å². The molecule has 0 aromatic heterocycles. The van der Waals surface area contributed by atoms with Crippen LogP contribution in [0.25, 0.3) is 0 Å². The van der Waals surface area contributed by atoms with Gasteiger partial charge in [0.15, 0.2) is 0 Å². The van der Waals surface area contributed by atoms with Crippen LogP contribution in [0, 0.1) is 5.82 Å². The quantitative estimate of drug-likeness (QED) is 0.826. The van der Waals surface area contributed by atoms with E-state index in [-0.39, 0.29) is 24.0 Å². The predicted octanol–water partition coefficient (Wildman–Crippen LogP) is 3.47. The monoisotopic (exact) mass is 355 g/mol. The first-order chi connectivity index (χ1) is 11.8. The van der Waals surface area contributed by atoms with Gasteiger partial charge in [-0.15, -0.1) is 0 Å². The molecule has 3 nitrogen and oxygen atoms in total. The van der Waals surface area contributed by atoms with Crippen LogP contribution >= 0.6 is 0 Å². The number of ether oxygens (including phenoxy) is 1. The van der Waals surface area contributed by atoms with Crippen LogP contribution in [0.4, 0.5) is 17.6 Å². The molecule has 0 saturated heterocycles. The molecule has 134 valence electrons. The number of halogens is 4. The van der Waals surface area contributed by atoms with Gasteiger partial charge in [0.1, 0.15) is 18.2 Å². The Morgan fingerprint density at radius 1 is 1.20 bits per heavy atom. The van der Waals surface area contributed by atoms with Crippen molar-refractivity contribution in [2.75, 3.05) is 13.2 Å². The number of aliphatic hydroxyl groups is 1. The third-order valence-electron chi connectivity index (χ3n) is 4.15. The Morgan fingerprint density at radius 2 is 1.96 bits per heavy atom. The smallest absolute Gasteiger partial charge is 0.416 e. The molecule has 7 heteroatoms. The zero-order chi connectivity index (χ0) is 18.0. The second-order valence-corrected chi connectivity index (χ2v) is 5.97. The average molecular weight is 355 g/mol. The van der Waals surface area contributed by atoms with E-state index < -0.39 is 17.8 Å². The summed E-state index contributed by atoms with van der Waals surface area (Å²) in [6.45, 7) is 0.234. The van der Waals surface area contributed by atoms with Gasteiger partial charge in [-0.3, -0.25) is 0 Å². The molecular formula is C18H17F4NO2. The van der Waals surface area contributed by atoms with Crippen molar-refractivity contribution in [2.45, 2.75) is 24.7 Å². The van der Waals surface area contributed by atoms with Gasteiger partial charge in [0.05, 0.1) is 11.7 Å². The highest BCUT2D eigenvalue weighted by molar-refractivity contribution is 5.36. The summed E-state index contributed by atoms with van der Waals surface area (Å²) in [5.41, 5.74) is -0.337. The number of rotatable bonds is 4. The molecule has 0 fully saturated rings. The van der Waals surface area contributed by atoms with Gasteiger partial charge < -0.3 is 15.2 Å². The molecular weight excluding hydrogens is 338 g/mol. The summed E-state index contributed by atoms with van der Waals surface area (Å²) in [6, 6.07) is 8.96. The molecule has 3 rings (SSSR count). The maximum absolute atomic E-state index is 13.3. The molecule has 2 aromatic rings. The maximum Gasteiger partial charge on any atom is 0.416 e. The number of hydrogen-bond donors (Lipinski definition) is 2. The number of hydrogen-bond acceptors (Lipinski definition) is 3. The highest BCUT2D eigenvalue weighted by Gasteiger charge is 2.34. The summed E-state index contributed by atoms with van der Waals surface area (Å²) in [5, 5.41) is 13.2. The third kappa shape index (κ3) is 4.11. The third-order valence-corrected chi connectivity index (χ3v) is 4.15. The van der Waals surface area contributed by atoms with Gasteiger partial charge in [0.25, 0.3) is 0 Å². The predicted molar refractivity (Wildman–Crippen MR) is 83.8 cm³/mol. The fraction of sp³-hybridized carbons (Fsp3) is 0.333. The summed E-state index contributed by atoms with van der Waals surface area (Å²) in [7, 11) is 0. The first-order valence-electron chi connectivity index (χ1n) is 7.83. The molecule has 2 unspecified atom stereocenters. The fourth-order valence-corrected chi connectivity index (χ4v) is 2.93. The van der Waals surface area contributed by atoms with E-state index in [1.807, 2.05) is 0 Å². The van der Waals surface area contributed by atoms with Crippen LogP contribution in [0.5, 0.6) is 5.75 Å². The van der Waals surface area contributed by atoms with Crippen LogP contribution in [0.2, 0.25) is 0 Å². The number of nitrogens with one attached hydrogen (secondary N) is 1. The second-order valence-electron chi connectivity index (χ2n) is 5.97. The molecule has 2 aromatic carbocycles. The highest BCUT2D eigenvalue weighted by atomic mass is 19.4. The SMILES string of the molecule is OC(CNC1COc2ccc(F)cc2C1)c1ccccc1C(F)(F)F. The van der Waals surface area contributed by atoms with E-state index in [0.29, 0.717) is 24.3 Å². The second kappa shape index (κ2) is 7.01. The molecule has 0 radical (unpaired) electrons. The van der Waals surface area contributed by atoms with Crippen LogP contribution in [-0.4, -0.2) is 24.3 Å². The number of aliphatic hydroxyl groups excluding tert-OH is 1. The van der Waals surface area contributed by atoms with Crippen LogP contribution < -0.4 is 10.1 Å². The molecule has 1 heterocycles. The van der Waals surface area contributed by atoms with Crippen LogP contribution in [0.3, 0.4) is 0 Å². The van der Waals surface area contributed by atoms with Crippen molar-refractivity contribution in [3.05, 3.63) is 65.0 Å². The van der Waals surface area contributed by atoms with E-state index in [9.17, 15) is 22.7 Å². The van der Waals surface area contributed by atoms with Crippen molar-refractivity contribution >= 4 is 0 Å². The zero-order valence-electron chi connectivity index (χ0n) is 13.2. The van der Waals surface area contributed by atoms with Crippen LogP contribution in [0.15, 0.2) is 42.5 Å². The Bertz CT molecular complexity index is 748. The summed E-state index contributed by atoms with van der Waals surface area (Å²) in [5.74, 6) is 0.226. The Hall–Kier alpha value is -2.12. The van der Waals surface area contributed by atoms with E-state index in [2.05, 4.69) is 5.32 Å². The summed E-state index contributed by atoms with van der Waals surface area (Å²) in [6.07, 6.45) is -5.37. The Morgan fingerprint density at radius 3 is 2.72 bits per heavy atom. The number of fused-ring (bicyclic) bond motifs is 1. The van der Waals surface area contributed by atoms with E-state index in [0.717, 1.165) is 6.07 Å². The van der Waals surface area contributed by atoms with Gasteiger partial charge in [-0.1, -0.05) is 18.2 Å². The number of alkyl halides is 3. The van der Waals surface area contributed by atoms with Gasteiger partial charge in [-0.2, -0.15) is 13.2 Å². The normalized spacial score (nSPS) is 18.4. The minimum absolute atomic E-state index is 0.0637. The minimum atomic E-state index is -4.53. The standard InChI is InChI=1S/C18H17F4NO2/c19-12-5-6-17-11(7-12)8-13(10-25-17)23-9-16(24)14-3-1-2-4-15(14)18(20,21)22/h1-7,13,16,23-24H,8-10H2. The average Bonchev–Trinajstić information content (AvgIpc) is 2.58. The lowest BCUT2D eigenvalue weighted by atomic mass is 10.00. The lowest BCUT2D eigenvalue weighted by Gasteiger charge is -2.27. The Labute approximate surface area is 142 Å². The molecule has 1 aliphatic heterocycles. The van der Waals surface area contributed by atoms with Crippen molar-refractivity contribution in [1.29, 1.82) is 0 Å².